The lowest BCUT2D eigenvalue weighted by Crippen LogP contribution is -2.34. The third-order valence-electron chi connectivity index (χ3n) is 3.61. The van der Waals surface area contributed by atoms with Crippen LogP contribution >= 0.6 is 12.2 Å². The molecule has 0 aliphatic carbocycles. The molecule has 0 heterocycles. The number of ether oxygens (including phenoxy) is 1. The van der Waals surface area contributed by atoms with E-state index >= 15 is 0 Å². The first-order valence-electron chi connectivity index (χ1n) is 8.47. The van der Waals surface area contributed by atoms with Gasteiger partial charge in [-0.05, 0) is 61.1 Å². The van der Waals surface area contributed by atoms with Crippen LogP contribution in [-0.4, -0.2) is 17.6 Å². The molecule has 2 aromatic rings. The second-order valence-electron chi connectivity index (χ2n) is 5.68. The fourth-order valence-electron chi connectivity index (χ4n) is 2.24. The molecule has 0 radical (unpaired) electrons. The highest BCUT2D eigenvalue weighted by Crippen LogP contribution is 2.16. The molecule has 6 heteroatoms. The van der Waals surface area contributed by atoms with Gasteiger partial charge in [0.25, 0.3) is 5.91 Å². The second kappa shape index (κ2) is 10.2. The normalized spacial score (nSPS) is 9.85. The van der Waals surface area contributed by atoms with E-state index < -0.39 is 0 Å². The van der Waals surface area contributed by atoms with Crippen molar-refractivity contribution in [3.8, 4) is 11.8 Å². The monoisotopic (exact) mass is 367 g/mol. The molecule has 0 fully saturated rings. The van der Waals surface area contributed by atoms with Gasteiger partial charge in [0.05, 0.1) is 18.2 Å². The lowest BCUT2D eigenvalue weighted by molar-refractivity contribution is 0.0977. The van der Waals surface area contributed by atoms with Gasteiger partial charge < -0.3 is 10.1 Å². The minimum absolute atomic E-state index is 0.189. The Kier molecular flexibility index (Phi) is 7.59. The number of hydrogen-bond acceptors (Lipinski definition) is 4. The zero-order chi connectivity index (χ0) is 18.8. The van der Waals surface area contributed by atoms with Gasteiger partial charge in [-0.3, -0.25) is 10.1 Å². The Labute approximate surface area is 159 Å². The first kappa shape index (κ1) is 19.4. The lowest BCUT2D eigenvalue weighted by Gasteiger charge is -2.11. The summed E-state index contributed by atoms with van der Waals surface area (Å²) < 4.78 is 5.66. The lowest BCUT2D eigenvalue weighted by atomic mass is 10.1. The first-order chi connectivity index (χ1) is 12.6. The standard InChI is InChI=1S/C20H21N3O2S/c1-2-3-4-12-25-18-10-8-17(9-11-18)22-20(26)23-19(24)16-7-5-6-15(13-16)14-21/h5-11,13H,2-4,12H2,1H3,(H2,22,23,24,26). The molecule has 5 nitrogen and oxygen atoms in total. The average molecular weight is 367 g/mol. The summed E-state index contributed by atoms with van der Waals surface area (Å²) in [5.74, 6) is 0.436. The Bertz CT molecular complexity index is 797. The predicted molar refractivity (Wildman–Crippen MR) is 106 cm³/mol. The van der Waals surface area contributed by atoms with Crippen molar-refractivity contribution >= 4 is 28.9 Å². The van der Waals surface area contributed by atoms with E-state index in [1.165, 1.54) is 6.07 Å². The van der Waals surface area contributed by atoms with Gasteiger partial charge >= 0.3 is 0 Å². The van der Waals surface area contributed by atoms with Crippen molar-refractivity contribution < 1.29 is 9.53 Å². The number of nitriles is 1. The molecule has 0 bridgehead atoms. The van der Waals surface area contributed by atoms with Crippen LogP contribution in [0.25, 0.3) is 0 Å². The van der Waals surface area contributed by atoms with Crippen molar-refractivity contribution in [3.63, 3.8) is 0 Å². The minimum Gasteiger partial charge on any atom is -0.494 e. The number of carbonyl (C=O) groups is 1. The summed E-state index contributed by atoms with van der Waals surface area (Å²) in [4.78, 5) is 12.2. The summed E-state index contributed by atoms with van der Waals surface area (Å²) in [6.07, 6.45) is 3.36. The Balaban J connectivity index is 1.85. The van der Waals surface area contributed by atoms with Crippen LogP contribution in [-0.2, 0) is 0 Å². The highest BCUT2D eigenvalue weighted by molar-refractivity contribution is 7.80. The molecule has 26 heavy (non-hydrogen) atoms. The molecule has 0 aliphatic heterocycles. The van der Waals surface area contributed by atoms with Crippen LogP contribution in [0.4, 0.5) is 5.69 Å². The van der Waals surface area contributed by atoms with Crippen LogP contribution in [0.5, 0.6) is 5.75 Å². The van der Waals surface area contributed by atoms with Gasteiger partial charge in [0.15, 0.2) is 5.11 Å². The summed E-state index contributed by atoms with van der Waals surface area (Å²) >= 11 is 5.17. The number of unbranched alkanes of at least 4 members (excludes halogenated alkanes) is 2. The number of hydrogen-bond donors (Lipinski definition) is 2. The second-order valence-corrected chi connectivity index (χ2v) is 6.09. The van der Waals surface area contributed by atoms with E-state index in [4.69, 9.17) is 22.2 Å². The van der Waals surface area contributed by atoms with Gasteiger partial charge in [-0.15, -0.1) is 0 Å². The van der Waals surface area contributed by atoms with Crippen LogP contribution < -0.4 is 15.4 Å². The van der Waals surface area contributed by atoms with E-state index in [1.807, 2.05) is 30.3 Å². The number of rotatable bonds is 7. The van der Waals surface area contributed by atoms with Crippen LogP contribution in [0.2, 0.25) is 0 Å². The summed E-state index contributed by atoms with van der Waals surface area (Å²) in [6.45, 7) is 2.86. The molecule has 2 aromatic carbocycles. The van der Waals surface area contributed by atoms with Crippen LogP contribution in [0, 0.1) is 11.3 Å². The topological polar surface area (TPSA) is 74.2 Å². The molecule has 2 rings (SSSR count). The summed E-state index contributed by atoms with van der Waals surface area (Å²) in [5.41, 5.74) is 1.55. The number of amides is 1. The maximum Gasteiger partial charge on any atom is 0.257 e. The zero-order valence-electron chi connectivity index (χ0n) is 14.6. The molecule has 0 saturated heterocycles. The molecule has 2 N–H and O–H groups in total. The maximum atomic E-state index is 12.2. The molecular weight excluding hydrogens is 346 g/mol. The van der Waals surface area contributed by atoms with Crippen LogP contribution in [0.3, 0.4) is 0 Å². The van der Waals surface area contributed by atoms with Gasteiger partial charge in [0, 0.05) is 11.3 Å². The highest BCUT2D eigenvalue weighted by atomic mass is 32.1. The van der Waals surface area contributed by atoms with Crippen LogP contribution in [0.1, 0.15) is 42.1 Å². The Morgan fingerprint density at radius 1 is 1.19 bits per heavy atom. The molecule has 0 aliphatic rings. The van der Waals surface area contributed by atoms with Gasteiger partial charge in [-0.25, -0.2) is 0 Å². The third-order valence-corrected chi connectivity index (χ3v) is 3.81. The van der Waals surface area contributed by atoms with Crippen LogP contribution in [0.15, 0.2) is 48.5 Å². The zero-order valence-corrected chi connectivity index (χ0v) is 15.4. The van der Waals surface area contributed by atoms with Crippen molar-refractivity contribution in [1.29, 1.82) is 5.26 Å². The van der Waals surface area contributed by atoms with Crippen molar-refractivity contribution in [1.82, 2.24) is 5.32 Å². The van der Waals surface area contributed by atoms with Crippen molar-refractivity contribution in [2.45, 2.75) is 26.2 Å². The Morgan fingerprint density at radius 2 is 1.96 bits per heavy atom. The van der Waals surface area contributed by atoms with Crippen molar-refractivity contribution in [3.05, 3.63) is 59.7 Å². The largest absolute Gasteiger partial charge is 0.494 e. The van der Waals surface area contributed by atoms with Crippen molar-refractivity contribution in [2.75, 3.05) is 11.9 Å². The molecule has 0 unspecified atom stereocenters. The van der Waals surface area contributed by atoms with E-state index in [-0.39, 0.29) is 11.0 Å². The molecule has 0 aromatic heterocycles. The molecule has 134 valence electrons. The first-order valence-corrected chi connectivity index (χ1v) is 8.88. The molecule has 1 amide bonds. The van der Waals surface area contributed by atoms with Gasteiger partial charge in [-0.1, -0.05) is 25.8 Å². The number of nitrogens with zero attached hydrogens (tertiary/aromatic N) is 1. The molecule has 0 atom stereocenters. The summed E-state index contributed by atoms with van der Waals surface area (Å²) in [6, 6.07) is 15.8. The van der Waals surface area contributed by atoms with E-state index in [1.54, 1.807) is 18.2 Å². The fourth-order valence-corrected chi connectivity index (χ4v) is 2.45. The number of thiocarbonyl (C=S) groups is 1. The number of nitrogens with one attached hydrogen (secondary N) is 2. The highest BCUT2D eigenvalue weighted by Gasteiger charge is 2.08. The Morgan fingerprint density at radius 3 is 2.65 bits per heavy atom. The minimum atomic E-state index is -0.365. The molecule has 0 saturated carbocycles. The average Bonchev–Trinajstić information content (AvgIpc) is 2.66. The summed E-state index contributed by atoms with van der Waals surface area (Å²) in [7, 11) is 0. The molecular formula is C20H21N3O2S. The van der Waals surface area contributed by atoms with E-state index in [9.17, 15) is 4.79 Å². The van der Waals surface area contributed by atoms with E-state index in [0.717, 1.165) is 30.7 Å². The third kappa shape index (κ3) is 6.19. The number of anilines is 1. The van der Waals surface area contributed by atoms with E-state index in [0.29, 0.717) is 17.7 Å². The van der Waals surface area contributed by atoms with Gasteiger partial charge in [0.2, 0.25) is 0 Å². The number of benzene rings is 2. The number of carbonyl (C=O) groups excluding carboxylic acids is 1. The fraction of sp³-hybridized carbons (Fsp3) is 0.250. The maximum absolute atomic E-state index is 12.2. The summed E-state index contributed by atoms with van der Waals surface area (Å²) in [5, 5.41) is 14.6. The SMILES string of the molecule is CCCCCOc1ccc(NC(=S)NC(=O)c2cccc(C#N)c2)cc1. The van der Waals surface area contributed by atoms with Gasteiger partial charge in [0.1, 0.15) is 5.75 Å². The smallest absolute Gasteiger partial charge is 0.257 e. The Hall–Kier alpha value is -2.91. The van der Waals surface area contributed by atoms with E-state index in [2.05, 4.69) is 17.6 Å². The molecule has 0 spiro atoms. The van der Waals surface area contributed by atoms with Gasteiger partial charge in [-0.2, -0.15) is 5.26 Å². The predicted octanol–water partition coefficient (Wildman–Crippen LogP) is 4.25. The van der Waals surface area contributed by atoms with Crippen molar-refractivity contribution in [2.24, 2.45) is 0 Å². The quantitative estimate of drug-likeness (QED) is 0.565.